The van der Waals surface area contributed by atoms with Crippen molar-refractivity contribution in [2.24, 2.45) is 0 Å². The molecule has 0 aromatic heterocycles. The van der Waals surface area contributed by atoms with Gasteiger partial charge >= 0.3 is 0 Å². The highest BCUT2D eigenvalue weighted by Crippen LogP contribution is 2.27. The van der Waals surface area contributed by atoms with Gasteiger partial charge in [-0.25, -0.2) is 0 Å². The first-order valence-electron chi connectivity index (χ1n) is 5.77. The van der Waals surface area contributed by atoms with Crippen LogP contribution in [-0.2, 0) is 12.8 Å². The highest BCUT2D eigenvalue weighted by Gasteiger charge is 2.12. The van der Waals surface area contributed by atoms with Crippen molar-refractivity contribution >= 4 is 11.4 Å². The maximum absolute atomic E-state index is 3.43. The first-order chi connectivity index (χ1) is 7.81. The van der Waals surface area contributed by atoms with Crippen LogP contribution in [0, 0.1) is 6.92 Å². The lowest BCUT2D eigenvalue weighted by molar-refractivity contribution is 0.840. The van der Waals surface area contributed by atoms with E-state index in [1.165, 1.54) is 35.2 Å². The Morgan fingerprint density at radius 2 is 1.50 bits per heavy atom. The second-order valence-corrected chi connectivity index (χ2v) is 4.47. The average Bonchev–Trinajstić information content (AvgIpc) is 2.26. The predicted octanol–water partition coefficient (Wildman–Crippen LogP) is 3.84. The fourth-order valence-corrected chi connectivity index (χ4v) is 2.08. The van der Waals surface area contributed by atoms with Crippen molar-refractivity contribution in [3.63, 3.8) is 0 Å². The van der Waals surface area contributed by atoms with E-state index in [1.807, 2.05) is 0 Å². The summed E-state index contributed by atoms with van der Waals surface area (Å²) in [5.74, 6) is 0. The van der Waals surface area contributed by atoms with Crippen LogP contribution >= 0.6 is 0 Å². The van der Waals surface area contributed by atoms with Crippen molar-refractivity contribution in [1.82, 2.24) is 0 Å². The van der Waals surface area contributed by atoms with Gasteiger partial charge in [-0.15, -0.1) is 0 Å². The Hall–Kier alpha value is -1.76. The number of hydrogen-bond donors (Lipinski definition) is 1. The van der Waals surface area contributed by atoms with Crippen LogP contribution in [0.3, 0.4) is 0 Å². The molecular formula is C15H15N. The molecule has 1 N–H and O–H groups in total. The number of hydrogen-bond acceptors (Lipinski definition) is 1. The third-order valence-electron chi connectivity index (χ3n) is 3.21. The highest BCUT2D eigenvalue weighted by molar-refractivity contribution is 5.62. The van der Waals surface area contributed by atoms with Gasteiger partial charge in [0.1, 0.15) is 0 Å². The second-order valence-electron chi connectivity index (χ2n) is 4.47. The molecule has 2 aromatic rings. The minimum Gasteiger partial charge on any atom is -0.356 e. The zero-order chi connectivity index (χ0) is 11.0. The molecule has 0 atom stereocenters. The number of fused-ring (bicyclic) bond motifs is 1. The lowest BCUT2D eigenvalue weighted by Gasteiger charge is -2.19. The van der Waals surface area contributed by atoms with Crippen molar-refractivity contribution in [1.29, 1.82) is 0 Å². The van der Waals surface area contributed by atoms with E-state index < -0.39 is 0 Å². The second kappa shape index (κ2) is 3.67. The summed E-state index contributed by atoms with van der Waals surface area (Å²) in [6.07, 6.45) is 2.49. The molecule has 16 heavy (non-hydrogen) atoms. The summed E-state index contributed by atoms with van der Waals surface area (Å²) in [7, 11) is 0. The fourth-order valence-electron chi connectivity index (χ4n) is 2.08. The van der Waals surface area contributed by atoms with Crippen LogP contribution in [0.2, 0.25) is 0 Å². The average molecular weight is 209 g/mol. The summed E-state index contributed by atoms with van der Waals surface area (Å²) in [6.45, 7) is 2.11. The van der Waals surface area contributed by atoms with Crippen molar-refractivity contribution < 1.29 is 0 Å². The molecule has 1 heteroatoms. The largest absolute Gasteiger partial charge is 0.356 e. The Morgan fingerprint density at radius 1 is 0.812 bits per heavy atom. The summed E-state index contributed by atoms with van der Waals surface area (Å²) >= 11 is 0. The molecule has 0 fully saturated rings. The molecule has 0 radical (unpaired) electrons. The molecule has 0 saturated heterocycles. The van der Waals surface area contributed by atoms with Gasteiger partial charge in [0.25, 0.3) is 0 Å². The predicted molar refractivity (Wildman–Crippen MR) is 68.3 cm³/mol. The number of rotatable bonds is 2. The molecule has 1 nitrogen and oxygen atoms in total. The molecule has 1 aliphatic carbocycles. The van der Waals surface area contributed by atoms with Crippen LogP contribution in [0.4, 0.5) is 11.4 Å². The van der Waals surface area contributed by atoms with E-state index in [9.17, 15) is 0 Å². The Kier molecular flexibility index (Phi) is 2.17. The van der Waals surface area contributed by atoms with Gasteiger partial charge in [0.15, 0.2) is 0 Å². The third-order valence-corrected chi connectivity index (χ3v) is 3.21. The number of benzene rings is 2. The fraction of sp³-hybridized carbons (Fsp3) is 0.200. The molecule has 0 amide bonds. The van der Waals surface area contributed by atoms with Crippen molar-refractivity contribution in [3.05, 3.63) is 59.2 Å². The van der Waals surface area contributed by atoms with Crippen LogP contribution < -0.4 is 5.32 Å². The minimum atomic E-state index is 1.16. The molecule has 0 bridgehead atoms. The molecular weight excluding hydrogens is 194 g/mol. The normalized spacial score (nSPS) is 12.8. The molecule has 80 valence electrons. The van der Waals surface area contributed by atoms with E-state index in [1.54, 1.807) is 0 Å². The van der Waals surface area contributed by atoms with Crippen molar-refractivity contribution in [2.45, 2.75) is 19.8 Å². The maximum Gasteiger partial charge on any atom is 0.0387 e. The lowest BCUT2D eigenvalue weighted by atomic mass is 9.88. The summed E-state index contributed by atoms with van der Waals surface area (Å²) in [5.41, 5.74) is 6.65. The van der Waals surface area contributed by atoms with E-state index in [-0.39, 0.29) is 0 Å². The Labute approximate surface area is 96.1 Å². The standard InChI is InChI=1S/C15H15N/c1-11-2-7-14(8-3-11)16-15-9-6-12-4-5-13(12)10-15/h2-3,6-10,16H,4-5H2,1H3. The minimum absolute atomic E-state index is 1.16. The Bertz CT molecular complexity index is 511. The SMILES string of the molecule is Cc1ccc(Nc2ccc3c(c2)CC3)cc1. The van der Waals surface area contributed by atoms with Gasteiger partial charge in [0.05, 0.1) is 0 Å². The van der Waals surface area contributed by atoms with Gasteiger partial charge < -0.3 is 5.32 Å². The quantitative estimate of drug-likeness (QED) is 0.792. The zero-order valence-corrected chi connectivity index (χ0v) is 9.46. The maximum atomic E-state index is 3.43. The van der Waals surface area contributed by atoms with Gasteiger partial charge in [-0.1, -0.05) is 23.8 Å². The van der Waals surface area contributed by atoms with Crippen LogP contribution in [0.1, 0.15) is 16.7 Å². The molecule has 0 aliphatic heterocycles. The number of anilines is 2. The topological polar surface area (TPSA) is 12.0 Å². The molecule has 1 aliphatic rings. The van der Waals surface area contributed by atoms with Crippen molar-refractivity contribution in [2.75, 3.05) is 5.32 Å². The summed E-state index contributed by atoms with van der Waals surface area (Å²) in [4.78, 5) is 0. The van der Waals surface area contributed by atoms with Gasteiger partial charge in [0.2, 0.25) is 0 Å². The summed E-state index contributed by atoms with van der Waals surface area (Å²) in [5, 5.41) is 3.43. The van der Waals surface area contributed by atoms with Crippen LogP contribution in [0.5, 0.6) is 0 Å². The molecule has 0 spiro atoms. The van der Waals surface area contributed by atoms with Crippen LogP contribution in [-0.4, -0.2) is 0 Å². The lowest BCUT2D eigenvalue weighted by Crippen LogP contribution is -2.08. The monoisotopic (exact) mass is 209 g/mol. The molecule has 0 saturated carbocycles. The van der Waals surface area contributed by atoms with E-state index >= 15 is 0 Å². The number of nitrogens with one attached hydrogen (secondary N) is 1. The Morgan fingerprint density at radius 3 is 2.12 bits per heavy atom. The Balaban J connectivity index is 1.83. The van der Waals surface area contributed by atoms with Gasteiger partial charge in [-0.05, 0) is 55.2 Å². The highest BCUT2D eigenvalue weighted by atomic mass is 14.9. The van der Waals surface area contributed by atoms with Gasteiger partial charge in [0, 0.05) is 11.4 Å². The summed E-state index contributed by atoms with van der Waals surface area (Å²) < 4.78 is 0. The van der Waals surface area contributed by atoms with Crippen LogP contribution in [0.25, 0.3) is 0 Å². The zero-order valence-electron chi connectivity index (χ0n) is 9.46. The van der Waals surface area contributed by atoms with E-state index in [0.29, 0.717) is 0 Å². The van der Waals surface area contributed by atoms with Gasteiger partial charge in [-0.2, -0.15) is 0 Å². The first-order valence-corrected chi connectivity index (χ1v) is 5.77. The molecule has 0 heterocycles. The third kappa shape index (κ3) is 1.69. The van der Waals surface area contributed by atoms with E-state index in [0.717, 1.165) is 5.69 Å². The van der Waals surface area contributed by atoms with Gasteiger partial charge in [-0.3, -0.25) is 0 Å². The molecule has 3 rings (SSSR count). The molecule has 2 aromatic carbocycles. The first kappa shape index (κ1) is 9.46. The summed E-state index contributed by atoms with van der Waals surface area (Å²) in [6, 6.07) is 15.2. The van der Waals surface area contributed by atoms with E-state index in [4.69, 9.17) is 0 Å². The molecule has 0 unspecified atom stereocenters. The number of aryl methyl sites for hydroxylation is 3. The smallest absolute Gasteiger partial charge is 0.0387 e. The van der Waals surface area contributed by atoms with E-state index in [2.05, 4.69) is 54.7 Å². The van der Waals surface area contributed by atoms with Crippen molar-refractivity contribution in [3.8, 4) is 0 Å². The van der Waals surface area contributed by atoms with Crippen LogP contribution in [0.15, 0.2) is 42.5 Å².